The first-order chi connectivity index (χ1) is 8.00. The van der Waals surface area contributed by atoms with E-state index in [1.54, 1.807) is 25.1 Å². The van der Waals surface area contributed by atoms with Crippen molar-refractivity contribution in [3.05, 3.63) is 46.0 Å². The van der Waals surface area contributed by atoms with Crippen molar-refractivity contribution in [1.29, 1.82) is 0 Å². The standard InChI is InChI=1S/C12H9Cl2NO2/c1-7(15-11(16)4-5-12(15)17)9-3-2-8(13)6-10(9)14/h2-7H,1H3. The fraction of sp³-hybridized carbons (Fsp3) is 0.167. The molecule has 17 heavy (non-hydrogen) atoms. The number of hydrogen-bond donors (Lipinski definition) is 0. The number of carbonyl (C=O) groups excluding carboxylic acids is 2. The number of amides is 2. The Morgan fingerprint density at radius 3 is 2.24 bits per heavy atom. The van der Waals surface area contributed by atoms with E-state index in [1.807, 2.05) is 0 Å². The number of carbonyl (C=O) groups is 2. The Balaban J connectivity index is 2.34. The lowest BCUT2D eigenvalue weighted by molar-refractivity contribution is -0.139. The molecule has 88 valence electrons. The summed E-state index contributed by atoms with van der Waals surface area (Å²) in [5.74, 6) is -0.651. The summed E-state index contributed by atoms with van der Waals surface area (Å²) in [6.07, 6.45) is 2.51. The van der Waals surface area contributed by atoms with Crippen molar-refractivity contribution in [2.75, 3.05) is 0 Å². The molecule has 1 aliphatic heterocycles. The quantitative estimate of drug-likeness (QED) is 0.775. The van der Waals surface area contributed by atoms with Crippen LogP contribution >= 0.6 is 23.2 Å². The number of imide groups is 1. The molecule has 0 spiro atoms. The van der Waals surface area contributed by atoms with Crippen molar-refractivity contribution in [3.8, 4) is 0 Å². The van der Waals surface area contributed by atoms with Crippen LogP contribution in [0.2, 0.25) is 10.0 Å². The molecule has 5 heteroatoms. The molecule has 1 aromatic rings. The van der Waals surface area contributed by atoms with Crippen molar-refractivity contribution in [2.24, 2.45) is 0 Å². The van der Waals surface area contributed by atoms with Crippen LogP contribution < -0.4 is 0 Å². The van der Waals surface area contributed by atoms with E-state index in [0.29, 0.717) is 15.6 Å². The van der Waals surface area contributed by atoms with Crippen LogP contribution in [0.3, 0.4) is 0 Å². The highest BCUT2D eigenvalue weighted by Gasteiger charge is 2.30. The number of rotatable bonds is 2. The second kappa shape index (κ2) is 4.51. The Morgan fingerprint density at radius 1 is 1.12 bits per heavy atom. The van der Waals surface area contributed by atoms with Gasteiger partial charge in [-0.25, -0.2) is 0 Å². The normalized spacial score (nSPS) is 16.8. The zero-order valence-electron chi connectivity index (χ0n) is 8.98. The van der Waals surface area contributed by atoms with Gasteiger partial charge < -0.3 is 0 Å². The summed E-state index contributed by atoms with van der Waals surface area (Å²) >= 11 is 11.8. The Labute approximate surface area is 109 Å². The lowest BCUT2D eigenvalue weighted by Gasteiger charge is -2.23. The maximum absolute atomic E-state index is 11.5. The fourth-order valence-electron chi connectivity index (χ4n) is 1.77. The van der Waals surface area contributed by atoms with Gasteiger partial charge in [0.1, 0.15) is 0 Å². The summed E-state index contributed by atoms with van der Waals surface area (Å²) in [5, 5.41) is 0.959. The Bertz CT molecular complexity index is 507. The van der Waals surface area contributed by atoms with E-state index in [2.05, 4.69) is 0 Å². The second-order valence-corrected chi connectivity index (χ2v) is 4.57. The van der Waals surface area contributed by atoms with Gasteiger partial charge in [0, 0.05) is 22.2 Å². The largest absolute Gasteiger partial charge is 0.269 e. The average molecular weight is 270 g/mol. The molecule has 1 atom stereocenters. The molecule has 0 saturated carbocycles. The van der Waals surface area contributed by atoms with E-state index in [9.17, 15) is 9.59 Å². The van der Waals surface area contributed by atoms with Crippen molar-refractivity contribution in [1.82, 2.24) is 4.90 Å². The minimum Gasteiger partial charge on any atom is -0.269 e. The van der Waals surface area contributed by atoms with Crippen LogP contribution in [0.1, 0.15) is 18.5 Å². The molecule has 0 radical (unpaired) electrons. The van der Waals surface area contributed by atoms with E-state index in [0.717, 1.165) is 4.90 Å². The number of halogens is 2. The van der Waals surface area contributed by atoms with Crippen LogP contribution in [0.25, 0.3) is 0 Å². The molecule has 0 saturated heterocycles. The monoisotopic (exact) mass is 269 g/mol. The minimum absolute atomic E-state index is 0.325. The van der Waals surface area contributed by atoms with Crippen LogP contribution in [0.5, 0.6) is 0 Å². The summed E-state index contributed by atoms with van der Waals surface area (Å²) < 4.78 is 0. The molecule has 0 aliphatic carbocycles. The van der Waals surface area contributed by atoms with E-state index in [1.165, 1.54) is 12.2 Å². The summed E-state index contributed by atoms with van der Waals surface area (Å²) in [6, 6.07) is 4.58. The average Bonchev–Trinajstić information content (AvgIpc) is 2.58. The zero-order valence-corrected chi connectivity index (χ0v) is 10.5. The predicted octanol–water partition coefficient (Wildman–Crippen LogP) is 2.98. The Kier molecular flexibility index (Phi) is 3.22. The minimum atomic E-state index is -0.408. The van der Waals surface area contributed by atoms with Crippen LogP contribution in [0, 0.1) is 0 Å². The SMILES string of the molecule is CC(c1ccc(Cl)cc1Cl)N1C(=O)C=CC1=O. The number of benzene rings is 1. The van der Waals surface area contributed by atoms with Gasteiger partial charge in [0.25, 0.3) is 11.8 Å². The first-order valence-corrected chi connectivity index (χ1v) is 5.76. The van der Waals surface area contributed by atoms with Crippen LogP contribution in [-0.2, 0) is 9.59 Å². The molecule has 1 aliphatic rings. The lowest BCUT2D eigenvalue weighted by Crippen LogP contribution is -2.32. The van der Waals surface area contributed by atoms with Gasteiger partial charge in [-0.15, -0.1) is 0 Å². The maximum Gasteiger partial charge on any atom is 0.254 e. The molecule has 0 bridgehead atoms. The molecule has 1 aromatic carbocycles. The summed E-state index contributed by atoms with van der Waals surface area (Å²) in [7, 11) is 0. The Hall–Kier alpha value is -1.32. The fourth-order valence-corrected chi connectivity index (χ4v) is 2.34. The highest BCUT2D eigenvalue weighted by atomic mass is 35.5. The smallest absolute Gasteiger partial charge is 0.254 e. The molecule has 0 N–H and O–H groups in total. The summed E-state index contributed by atoms with van der Waals surface area (Å²) in [4.78, 5) is 24.2. The van der Waals surface area contributed by atoms with Gasteiger partial charge in [-0.05, 0) is 24.6 Å². The molecule has 2 amide bonds. The second-order valence-electron chi connectivity index (χ2n) is 3.72. The van der Waals surface area contributed by atoms with Crippen molar-refractivity contribution in [2.45, 2.75) is 13.0 Å². The molecule has 0 fully saturated rings. The van der Waals surface area contributed by atoms with Gasteiger partial charge in [-0.2, -0.15) is 0 Å². The van der Waals surface area contributed by atoms with Gasteiger partial charge >= 0.3 is 0 Å². The van der Waals surface area contributed by atoms with Gasteiger partial charge in [0.2, 0.25) is 0 Å². The molecule has 2 rings (SSSR count). The highest BCUT2D eigenvalue weighted by Crippen LogP contribution is 2.31. The molecule has 1 unspecified atom stereocenters. The molecule has 1 heterocycles. The van der Waals surface area contributed by atoms with Gasteiger partial charge in [-0.3, -0.25) is 14.5 Å². The molecule has 3 nitrogen and oxygen atoms in total. The van der Waals surface area contributed by atoms with Gasteiger partial charge in [-0.1, -0.05) is 29.3 Å². The third-order valence-electron chi connectivity index (χ3n) is 2.64. The van der Waals surface area contributed by atoms with Crippen LogP contribution in [-0.4, -0.2) is 16.7 Å². The zero-order chi connectivity index (χ0) is 12.6. The molecule has 0 aromatic heterocycles. The maximum atomic E-state index is 11.5. The predicted molar refractivity (Wildman–Crippen MR) is 65.9 cm³/mol. The van der Waals surface area contributed by atoms with Gasteiger partial charge in [0.15, 0.2) is 0 Å². The van der Waals surface area contributed by atoms with E-state index >= 15 is 0 Å². The summed E-state index contributed by atoms with van der Waals surface area (Å²) in [6.45, 7) is 1.75. The van der Waals surface area contributed by atoms with Crippen molar-refractivity contribution in [3.63, 3.8) is 0 Å². The van der Waals surface area contributed by atoms with Crippen molar-refractivity contribution < 1.29 is 9.59 Å². The highest BCUT2D eigenvalue weighted by molar-refractivity contribution is 6.35. The van der Waals surface area contributed by atoms with E-state index in [4.69, 9.17) is 23.2 Å². The third kappa shape index (κ3) is 2.21. The molecular weight excluding hydrogens is 261 g/mol. The van der Waals surface area contributed by atoms with Gasteiger partial charge in [0.05, 0.1) is 6.04 Å². The first-order valence-electron chi connectivity index (χ1n) is 5.01. The summed E-state index contributed by atoms with van der Waals surface area (Å²) in [5.41, 5.74) is 0.696. The van der Waals surface area contributed by atoms with E-state index in [-0.39, 0.29) is 11.8 Å². The first kappa shape index (κ1) is 12.1. The van der Waals surface area contributed by atoms with Crippen molar-refractivity contribution >= 4 is 35.0 Å². The topological polar surface area (TPSA) is 37.4 Å². The number of hydrogen-bond acceptors (Lipinski definition) is 2. The van der Waals surface area contributed by atoms with Crippen LogP contribution in [0.15, 0.2) is 30.4 Å². The van der Waals surface area contributed by atoms with Crippen LogP contribution in [0.4, 0.5) is 0 Å². The molecular formula is C12H9Cl2NO2. The number of nitrogens with zero attached hydrogens (tertiary/aromatic N) is 1. The lowest BCUT2D eigenvalue weighted by atomic mass is 10.1. The van der Waals surface area contributed by atoms with E-state index < -0.39 is 6.04 Å². The third-order valence-corrected chi connectivity index (χ3v) is 3.21. The Morgan fingerprint density at radius 2 is 1.71 bits per heavy atom.